The number of anilines is 1. The smallest absolute Gasteiger partial charge is 0.341 e. The summed E-state index contributed by atoms with van der Waals surface area (Å²) in [5.41, 5.74) is 5.08. The minimum Gasteiger partial charge on any atom is -0.487 e. The Morgan fingerprint density at radius 3 is 2.78 bits per heavy atom. The number of benzene rings is 1. The number of nitrogens with zero attached hydrogens (tertiary/aromatic N) is 2. The predicted octanol–water partition coefficient (Wildman–Crippen LogP) is 1.79. The Kier molecular flexibility index (Phi) is 3.92. The minimum absolute atomic E-state index is 0.0536. The fourth-order valence-electron chi connectivity index (χ4n) is 3.55. The molecule has 0 saturated carbocycles. The molecule has 2 aliphatic rings. The lowest BCUT2D eigenvalue weighted by Crippen LogP contribution is -2.42. The summed E-state index contributed by atoms with van der Waals surface area (Å²) >= 11 is 0. The molecule has 1 aromatic carbocycles. The van der Waals surface area contributed by atoms with Crippen molar-refractivity contribution in [3.8, 4) is 5.75 Å². The van der Waals surface area contributed by atoms with Gasteiger partial charge in [-0.2, -0.15) is 0 Å². The van der Waals surface area contributed by atoms with Crippen molar-refractivity contribution in [3.05, 3.63) is 45.3 Å². The number of carbonyl (C=O) groups is 1. The van der Waals surface area contributed by atoms with Crippen LogP contribution in [0, 0.1) is 5.82 Å². The molecule has 27 heavy (non-hydrogen) atoms. The van der Waals surface area contributed by atoms with E-state index in [1.807, 2.05) is 6.92 Å². The van der Waals surface area contributed by atoms with Crippen LogP contribution in [0.4, 0.5) is 14.5 Å². The van der Waals surface area contributed by atoms with Crippen LogP contribution < -0.4 is 20.8 Å². The number of carboxylic acid groups (broad SMARTS) is 1. The summed E-state index contributed by atoms with van der Waals surface area (Å²) < 4.78 is 35.8. The zero-order chi connectivity index (χ0) is 19.5. The van der Waals surface area contributed by atoms with E-state index in [1.54, 1.807) is 9.47 Å². The third kappa shape index (κ3) is 2.49. The summed E-state index contributed by atoms with van der Waals surface area (Å²) in [7, 11) is 0. The predicted molar refractivity (Wildman–Crippen MR) is 94.7 cm³/mol. The lowest BCUT2D eigenvalue weighted by atomic mass is 10.0. The summed E-state index contributed by atoms with van der Waals surface area (Å²) in [5.74, 6) is -2.33. The van der Waals surface area contributed by atoms with E-state index in [2.05, 4.69) is 0 Å². The summed E-state index contributed by atoms with van der Waals surface area (Å²) in [6.45, 7) is 2.14. The topological polar surface area (TPSA) is 97.8 Å². The van der Waals surface area contributed by atoms with Gasteiger partial charge in [0.25, 0.3) is 0 Å². The molecule has 142 valence electrons. The number of hydrogen-bond acceptors (Lipinski definition) is 5. The Labute approximate surface area is 152 Å². The van der Waals surface area contributed by atoms with Crippen LogP contribution in [0.2, 0.25) is 0 Å². The van der Waals surface area contributed by atoms with Crippen molar-refractivity contribution < 1.29 is 23.4 Å². The molecule has 4 rings (SSSR count). The summed E-state index contributed by atoms with van der Waals surface area (Å²) in [6, 6.07) is 0.792. The fraction of sp³-hybridized carbons (Fsp3) is 0.333. The number of aromatic carboxylic acids is 1. The largest absolute Gasteiger partial charge is 0.487 e. The minimum atomic E-state index is -1.37. The highest BCUT2D eigenvalue weighted by Crippen LogP contribution is 2.44. The lowest BCUT2D eigenvalue weighted by Gasteiger charge is -2.39. The number of ether oxygens (including phenoxy) is 1. The Morgan fingerprint density at radius 2 is 2.15 bits per heavy atom. The van der Waals surface area contributed by atoms with Gasteiger partial charge in [-0.1, -0.05) is 0 Å². The number of aromatic nitrogens is 1. The Hall–Kier alpha value is -2.94. The molecule has 1 atom stereocenters. The van der Waals surface area contributed by atoms with Gasteiger partial charge in [0.1, 0.15) is 23.7 Å². The van der Waals surface area contributed by atoms with Gasteiger partial charge in [-0.05, 0) is 13.0 Å². The van der Waals surface area contributed by atoms with E-state index >= 15 is 0 Å². The van der Waals surface area contributed by atoms with E-state index in [4.69, 9.17) is 10.5 Å². The zero-order valence-electron chi connectivity index (χ0n) is 14.5. The molecule has 3 N–H and O–H groups in total. The first-order chi connectivity index (χ1) is 12.8. The van der Waals surface area contributed by atoms with Crippen LogP contribution in [0.1, 0.15) is 23.3 Å². The molecule has 2 aromatic rings. The number of pyridine rings is 1. The zero-order valence-corrected chi connectivity index (χ0v) is 14.5. The molecule has 9 heteroatoms. The third-order valence-electron chi connectivity index (χ3n) is 5.01. The number of nitrogens with two attached hydrogens (primary N) is 1. The molecular formula is C18H17F2N3O4. The Morgan fingerprint density at radius 1 is 1.44 bits per heavy atom. The highest BCUT2D eigenvalue weighted by molar-refractivity contribution is 5.97. The van der Waals surface area contributed by atoms with Crippen LogP contribution in [0.15, 0.2) is 28.5 Å². The van der Waals surface area contributed by atoms with Crippen LogP contribution >= 0.6 is 0 Å². The van der Waals surface area contributed by atoms with Gasteiger partial charge in [0.05, 0.1) is 16.9 Å². The molecule has 0 unspecified atom stereocenters. The van der Waals surface area contributed by atoms with Gasteiger partial charge in [0.15, 0.2) is 11.6 Å². The number of carboxylic acids is 1. The van der Waals surface area contributed by atoms with Crippen molar-refractivity contribution in [3.63, 3.8) is 0 Å². The van der Waals surface area contributed by atoms with E-state index in [9.17, 15) is 23.5 Å². The van der Waals surface area contributed by atoms with Crippen molar-refractivity contribution in [2.24, 2.45) is 5.73 Å². The second kappa shape index (κ2) is 6.05. The van der Waals surface area contributed by atoms with Crippen LogP contribution in [-0.2, 0) is 0 Å². The summed E-state index contributed by atoms with van der Waals surface area (Å²) in [6.07, 6.45) is 1.26. The Balaban J connectivity index is 1.95. The standard InChI is InChI=1S/C18H17F2N3O4/c1-8-7-27-17-14-10(16(24)11(18(25)26)6-23(8)14)2-12(19)15(17)22-4-9(5-22)13(20)3-21/h2,6,8H,3-5,7,21H2,1H3,(H,25,26)/t8-/m0/s1. The normalized spacial score (nSPS) is 18.3. The van der Waals surface area contributed by atoms with Gasteiger partial charge in [0.2, 0.25) is 5.43 Å². The van der Waals surface area contributed by atoms with Crippen molar-refractivity contribution in [1.82, 2.24) is 4.57 Å². The SMILES string of the molecule is C[C@H]1COc2c(N3CC(=C(F)CN)C3)c(F)cc3c(=O)c(C(=O)O)cn1c23. The molecular weight excluding hydrogens is 360 g/mol. The van der Waals surface area contributed by atoms with Crippen LogP contribution in [0.5, 0.6) is 5.75 Å². The molecule has 0 amide bonds. The van der Waals surface area contributed by atoms with Crippen molar-refractivity contribution in [2.45, 2.75) is 13.0 Å². The van der Waals surface area contributed by atoms with Gasteiger partial charge in [-0.3, -0.25) is 4.79 Å². The van der Waals surface area contributed by atoms with E-state index in [-0.39, 0.29) is 49.1 Å². The molecule has 0 spiro atoms. The molecule has 1 fully saturated rings. The van der Waals surface area contributed by atoms with E-state index in [1.165, 1.54) is 6.20 Å². The summed E-state index contributed by atoms with van der Waals surface area (Å²) in [4.78, 5) is 25.5. The van der Waals surface area contributed by atoms with Gasteiger partial charge < -0.3 is 25.0 Å². The number of halogens is 2. The van der Waals surface area contributed by atoms with Crippen LogP contribution in [-0.4, -0.2) is 41.9 Å². The van der Waals surface area contributed by atoms with Crippen molar-refractivity contribution in [2.75, 3.05) is 31.1 Å². The highest BCUT2D eigenvalue weighted by Gasteiger charge is 2.34. The first kappa shape index (κ1) is 17.5. The average Bonchev–Trinajstić information content (AvgIpc) is 2.59. The maximum atomic E-state index is 14.9. The number of rotatable bonds is 3. The fourth-order valence-corrected chi connectivity index (χ4v) is 3.55. The maximum absolute atomic E-state index is 14.9. The first-order valence-corrected chi connectivity index (χ1v) is 8.42. The maximum Gasteiger partial charge on any atom is 0.341 e. The number of hydrogen-bond donors (Lipinski definition) is 2. The molecule has 1 saturated heterocycles. The second-order valence-electron chi connectivity index (χ2n) is 6.75. The molecule has 1 aromatic heterocycles. The first-order valence-electron chi connectivity index (χ1n) is 8.42. The molecule has 0 bridgehead atoms. The summed E-state index contributed by atoms with van der Waals surface area (Å²) in [5, 5.41) is 9.23. The quantitative estimate of drug-likeness (QED) is 0.847. The molecule has 0 radical (unpaired) electrons. The van der Waals surface area contributed by atoms with E-state index in [0.717, 1.165) is 6.07 Å². The molecule has 0 aliphatic carbocycles. The van der Waals surface area contributed by atoms with Gasteiger partial charge in [0, 0.05) is 31.4 Å². The molecule has 7 nitrogen and oxygen atoms in total. The van der Waals surface area contributed by atoms with Gasteiger partial charge >= 0.3 is 5.97 Å². The monoisotopic (exact) mass is 377 g/mol. The van der Waals surface area contributed by atoms with E-state index in [0.29, 0.717) is 11.1 Å². The van der Waals surface area contributed by atoms with Crippen molar-refractivity contribution in [1.29, 1.82) is 0 Å². The molecule has 2 aliphatic heterocycles. The van der Waals surface area contributed by atoms with Crippen molar-refractivity contribution >= 4 is 22.6 Å². The van der Waals surface area contributed by atoms with E-state index < -0.39 is 28.6 Å². The highest BCUT2D eigenvalue weighted by atomic mass is 19.1. The second-order valence-corrected chi connectivity index (χ2v) is 6.75. The molecule has 3 heterocycles. The average molecular weight is 377 g/mol. The van der Waals surface area contributed by atoms with Crippen LogP contribution in [0.25, 0.3) is 10.9 Å². The lowest BCUT2D eigenvalue weighted by molar-refractivity contribution is 0.0694. The van der Waals surface area contributed by atoms with Crippen LogP contribution in [0.3, 0.4) is 0 Å². The van der Waals surface area contributed by atoms with Gasteiger partial charge in [-0.15, -0.1) is 0 Å². The Bertz CT molecular complexity index is 1070. The van der Waals surface area contributed by atoms with Gasteiger partial charge in [-0.25, -0.2) is 13.6 Å². The third-order valence-corrected chi connectivity index (χ3v) is 5.01.